The Morgan fingerprint density at radius 3 is 2.77 bits per heavy atom. The Morgan fingerprint density at radius 1 is 1.23 bits per heavy atom. The molecule has 0 atom stereocenters. The van der Waals surface area contributed by atoms with Crippen LogP contribution in [0.1, 0.15) is 42.7 Å². The molecule has 30 heavy (non-hydrogen) atoms. The summed E-state index contributed by atoms with van der Waals surface area (Å²) in [6, 6.07) is 6.81. The molecule has 7 nitrogen and oxygen atoms in total. The maximum atomic E-state index is 14.2. The summed E-state index contributed by atoms with van der Waals surface area (Å²) in [5, 5.41) is 12.6. The number of nitrogens with zero attached hydrogens (tertiary/aromatic N) is 4. The van der Waals surface area contributed by atoms with Crippen LogP contribution in [-0.4, -0.2) is 32.6 Å². The van der Waals surface area contributed by atoms with E-state index in [1.165, 1.54) is 17.4 Å². The van der Waals surface area contributed by atoms with Crippen LogP contribution in [0.15, 0.2) is 36.7 Å². The number of amides is 1. The zero-order valence-corrected chi connectivity index (χ0v) is 17.3. The minimum absolute atomic E-state index is 0.254. The first-order chi connectivity index (χ1) is 14.6. The van der Waals surface area contributed by atoms with Crippen LogP contribution in [-0.2, 0) is 16.6 Å². The SMILES string of the molecule is NC(=O)CCCc1cnc(-c2ccc(NCC3(c4ncccc4F)CCC3)nn2)s1. The molecule has 1 aliphatic rings. The van der Waals surface area contributed by atoms with Crippen LogP contribution >= 0.6 is 11.3 Å². The normalized spacial score (nSPS) is 14.8. The fourth-order valence-corrected chi connectivity index (χ4v) is 4.57. The number of aryl methyl sites for hydroxylation is 1. The van der Waals surface area contributed by atoms with Gasteiger partial charge in [-0.25, -0.2) is 9.37 Å². The highest BCUT2D eigenvalue weighted by molar-refractivity contribution is 7.15. The molecule has 4 rings (SSSR count). The molecular formula is C21H23FN6OS. The van der Waals surface area contributed by atoms with E-state index in [9.17, 15) is 9.18 Å². The molecule has 3 heterocycles. The molecule has 9 heteroatoms. The summed E-state index contributed by atoms with van der Waals surface area (Å²) >= 11 is 1.54. The van der Waals surface area contributed by atoms with Gasteiger partial charge in [0.2, 0.25) is 5.91 Å². The topological polar surface area (TPSA) is 107 Å². The Kier molecular flexibility index (Phi) is 5.98. The molecule has 0 radical (unpaired) electrons. The highest BCUT2D eigenvalue weighted by atomic mass is 32.1. The molecule has 3 aromatic rings. The van der Waals surface area contributed by atoms with Crippen molar-refractivity contribution in [1.82, 2.24) is 20.2 Å². The molecule has 0 unspecified atom stereocenters. The van der Waals surface area contributed by atoms with Gasteiger partial charge in [-0.2, -0.15) is 0 Å². The number of anilines is 1. The maximum Gasteiger partial charge on any atom is 0.217 e. The number of aromatic nitrogens is 4. The number of thiazole rings is 1. The molecule has 0 bridgehead atoms. The molecule has 0 aliphatic heterocycles. The predicted octanol–water partition coefficient (Wildman–Crippen LogP) is 3.48. The number of primary amides is 1. The number of halogens is 1. The molecular weight excluding hydrogens is 403 g/mol. The summed E-state index contributed by atoms with van der Waals surface area (Å²) in [5.41, 5.74) is 6.11. The third kappa shape index (κ3) is 4.46. The fraction of sp³-hybridized carbons (Fsp3) is 0.381. The van der Waals surface area contributed by atoms with Crippen molar-refractivity contribution in [3.8, 4) is 10.7 Å². The van der Waals surface area contributed by atoms with Crippen molar-refractivity contribution in [2.45, 2.75) is 43.9 Å². The Bertz CT molecular complexity index is 1020. The molecule has 0 aromatic carbocycles. The van der Waals surface area contributed by atoms with Crippen molar-refractivity contribution in [3.63, 3.8) is 0 Å². The fourth-order valence-electron chi connectivity index (χ4n) is 3.66. The molecule has 1 saturated carbocycles. The monoisotopic (exact) mass is 426 g/mol. The average Bonchev–Trinajstić information content (AvgIpc) is 3.17. The quantitative estimate of drug-likeness (QED) is 0.543. The minimum Gasteiger partial charge on any atom is -0.370 e. The van der Waals surface area contributed by atoms with Crippen molar-refractivity contribution in [3.05, 3.63) is 53.0 Å². The number of hydrogen-bond acceptors (Lipinski definition) is 7. The number of carbonyl (C=O) groups is 1. The maximum absolute atomic E-state index is 14.2. The van der Waals surface area contributed by atoms with Crippen molar-refractivity contribution in [2.24, 2.45) is 5.73 Å². The minimum atomic E-state index is -0.291. The van der Waals surface area contributed by atoms with Gasteiger partial charge in [0.1, 0.15) is 22.3 Å². The first-order valence-electron chi connectivity index (χ1n) is 9.98. The average molecular weight is 427 g/mol. The van der Waals surface area contributed by atoms with E-state index in [4.69, 9.17) is 5.73 Å². The Hall–Kier alpha value is -2.94. The van der Waals surface area contributed by atoms with Crippen LogP contribution in [0.25, 0.3) is 10.7 Å². The Balaban J connectivity index is 1.38. The molecule has 1 fully saturated rings. The number of nitrogens with two attached hydrogens (primary N) is 1. The van der Waals surface area contributed by atoms with E-state index in [2.05, 4.69) is 25.5 Å². The number of pyridine rings is 1. The summed E-state index contributed by atoms with van der Waals surface area (Å²) in [7, 11) is 0. The second-order valence-corrected chi connectivity index (χ2v) is 8.69. The van der Waals surface area contributed by atoms with Crippen LogP contribution in [0, 0.1) is 5.82 Å². The largest absolute Gasteiger partial charge is 0.370 e. The zero-order valence-electron chi connectivity index (χ0n) is 16.5. The molecule has 1 aliphatic carbocycles. The van der Waals surface area contributed by atoms with E-state index >= 15 is 0 Å². The molecule has 0 spiro atoms. The van der Waals surface area contributed by atoms with Crippen LogP contribution in [0.2, 0.25) is 0 Å². The van der Waals surface area contributed by atoms with Crippen molar-refractivity contribution in [1.29, 1.82) is 0 Å². The molecule has 3 aromatic heterocycles. The number of nitrogens with one attached hydrogen (secondary N) is 1. The van der Waals surface area contributed by atoms with Gasteiger partial charge >= 0.3 is 0 Å². The van der Waals surface area contributed by atoms with Gasteiger partial charge in [0.15, 0.2) is 0 Å². The first kappa shape index (κ1) is 20.3. The van der Waals surface area contributed by atoms with Gasteiger partial charge in [0, 0.05) is 35.7 Å². The van der Waals surface area contributed by atoms with Gasteiger partial charge in [-0.3, -0.25) is 9.78 Å². The lowest BCUT2D eigenvalue weighted by molar-refractivity contribution is -0.118. The predicted molar refractivity (Wildman–Crippen MR) is 113 cm³/mol. The summed E-state index contributed by atoms with van der Waals surface area (Å²) in [6.45, 7) is 0.566. The zero-order chi connectivity index (χ0) is 21.0. The second-order valence-electron chi connectivity index (χ2n) is 7.58. The van der Waals surface area contributed by atoms with Crippen LogP contribution in [0.5, 0.6) is 0 Å². The van der Waals surface area contributed by atoms with Gasteiger partial charge in [-0.15, -0.1) is 21.5 Å². The lowest BCUT2D eigenvalue weighted by Crippen LogP contribution is -2.42. The van der Waals surface area contributed by atoms with E-state index < -0.39 is 0 Å². The Morgan fingerprint density at radius 2 is 2.10 bits per heavy atom. The molecule has 156 valence electrons. The van der Waals surface area contributed by atoms with Crippen molar-refractivity contribution < 1.29 is 9.18 Å². The lowest BCUT2D eigenvalue weighted by Gasteiger charge is -2.41. The van der Waals surface area contributed by atoms with Gasteiger partial charge in [0.05, 0.1) is 5.69 Å². The van der Waals surface area contributed by atoms with Crippen LogP contribution < -0.4 is 11.1 Å². The summed E-state index contributed by atoms with van der Waals surface area (Å²) in [5.74, 6) is 0.0959. The third-order valence-electron chi connectivity index (χ3n) is 5.46. The highest BCUT2D eigenvalue weighted by Gasteiger charge is 2.41. The lowest BCUT2D eigenvalue weighted by atomic mass is 9.66. The van der Waals surface area contributed by atoms with E-state index in [1.807, 2.05) is 12.1 Å². The number of carbonyl (C=O) groups excluding carboxylic acids is 1. The van der Waals surface area contributed by atoms with Gasteiger partial charge in [-0.05, 0) is 49.9 Å². The third-order valence-corrected chi connectivity index (χ3v) is 6.54. The van der Waals surface area contributed by atoms with Gasteiger partial charge in [-0.1, -0.05) is 6.42 Å². The van der Waals surface area contributed by atoms with Gasteiger partial charge < -0.3 is 11.1 Å². The number of hydrogen-bond donors (Lipinski definition) is 2. The standard InChI is InChI=1S/C21H23FN6OS/c22-15-5-2-11-24-19(15)21(9-3-10-21)13-26-18-8-7-16(27-28-18)20-25-12-14(30-20)4-1-6-17(23)29/h2,5,7-8,11-12H,1,3-4,6,9-10,13H2,(H2,23,29)(H,26,28). The second kappa shape index (κ2) is 8.83. The molecule has 3 N–H and O–H groups in total. The summed E-state index contributed by atoms with van der Waals surface area (Å²) in [4.78, 5) is 20.6. The smallest absolute Gasteiger partial charge is 0.217 e. The van der Waals surface area contributed by atoms with Crippen molar-refractivity contribution >= 4 is 23.1 Å². The van der Waals surface area contributed by atoms with E-state index in [0.717, 1.165) is 35.6 Å². The van der Waals surface area contributed by atoms with Crippen LogP contribution in [0.3, 0.4) is 0 Å². The van der Waals surface area contributed by atoms with E-state index in [-0.39, 0.29) is 17.1 Å². The first-order valence-corrected chi connectivity index (χ1v) is 10.8. The molecule has 1 amide bonds. The van der Waals surface area contributed by atoms with Crippen LogP contribution in [0.4, 0.5) is 10.2 Å². The van der Waals surface area contributed by atoms with Gasteiger partial charge in [0.25, 0.3) is 0 Å². The highest BCUT2D eigenvalue weighted by Crippen LogP contribution is 2.43. The Labute approximate surface area is 178 Å². The van der Waals surface area contributed by atoms with E-state index in [1.54, 1.807) is 18.5 Å². The van der Waals surface area contributed by atoms with Crippen molar-refractivity contribution in [2.75, 3.05) is 11.9 Å². The van der Waals surface area contributed by atoms with E-state index in [0.29, 0.717) is 36.6 Å². The summed E-state index contributed by atoms with van der Waals surface area (Å²) < 4.78 is 14.2. The number of rotatable bonds is 9. The molecule has 0 saturated heterocycles. The summed E-state index contributed by atoms with van der Waals surface area (Å²) in [6.07, 6.45) is 8.16.